The van der Waals surface area contributed by atoms with E-state index in [4.69, 9.17) is 16.7 Å². The smallest absolute Gasteiger partial charge is 0.307 e. The molecule has 0 aliphatic heterocycles. The summed E-state index contributed by atoms with van der Waals surface area (Å²) in [7, 11) is 1.87. The average Bonchev–Trinajstić information content (AvgIpc) is 3.03. The van der Waals surface area contributed by atoms with Crippen molar-refractivity contribution >= 4 is 28.9 Å². The third kappa shape index (κ3) is 3.16. The number of thiophene rings is 1. The molecule has 0 saturated carbocycles. The van der Waals surface area contributed by atoms with Crippen LogP contribution in [-0.4, -0.2) is 15.6 Å². The SMILES string of the molecule is Cn1c(-c2ccc(F)cc2)cc(CC(=O)O)c1-c1ccc(Cl)s1. The Balaban J connectivity index is 2.17. The Hall–Kier alpha value is -2.11. The number of carboxylic acids is 1. The number of carboxylic acid groups (broad SMARTS) is 1. The van der Waals surface area contributed by atoms with Gasteiger partial charge < -0.3 is 9.67 Å². The highest BCUT2D eigenvalue weighted by Crippen LogP contribution is 2.37. The molecule has 23 heavy (non-hydrogen) atoms. The Labute approximate surface area is 141 Å². The average molecular weight is 350 g/mol. The third-order valence-electron chi connectivity index (χ3n) is 3.60. The third-order valence-corrected chi connectivity index (χ3v) is 4.84. The second-order valence-electron chi connectivity index (χ2n) is 5.14. The minimum Gasteiger partial charge on any atom is -0.481 e. The standard InChI is InChI=1S/C17H13ClFNO2S/c1-20-13(10-2-4-12(19)5-3-10)8-11(9-16(21)22)17(20)14-6-7-15(18)23-14/h2-8H,9H2,1H3,(H,21,22). The van der Waals surface area contributed by atoms with Gasteiger partial charge in [-0.05, 0) is 53.6 Å². The highest BCUT2D eigenvalue weighted by Gasteiger charge is 2.19. The lowest BCUT2D eigenvalue weighted by atomic mass is 10.1. The molecule has 3 nitrogen and oxygen atoms in total. The van der Waals surface area contributed by atoms with Gasteiger partial charge in [0.1, 0.15) is 5.82 Å². The number of hydrogen-bond acceptors (Lipinski definition) is 2. The van der Waals surface area contributed by atoms with E-state index in [0.717, 1.165) is 21.8 Å². The normalized spacial score (nSPS) is 10.9. The van der Waals surface area contributed by atoms with Gasteiger partial charge in [0.05, 0.1) is 21.3 Å². The van der Waals surface area contributed by atoms with Crippen molar-refractivity contribution in [3.63, 3.8) is 0 Å². The maximum atomic E-state index is 13.1. The van der Waals surface area contributed by atoms with E-state index in [1.807, 2.05) is 23.7 Å². The molecule has 0 saturated heterocycles. The summed E-state index contributed by atoms with van der Waals surface area (Å²) in [5.41, 5.74) is 3.19. The van der Waals surface area contributed by atoms with Crippen molar-refractivity contribution in [3.8, 4) is 21.8 Å². The van der Waals surface area contributed by atoms with Crippen LogP contribution in [0.5, 0.6) is 0 Å². The van der Waals surface area contributed by atoms with Crippen molar-refractivity contribution in [1.29, 1.82) is 0 Å². The molecule has 0 aliphatic rings. The van der Waals surface area contributed by atoms with Gasteiger partial charge in [-0.25, -0.2) is 4.39 Å². The number of halogens is 2. The highest BCUT2D eigenvalue weighted by molar-refractivity contribution is 7.19. The molecule has 0 fully saturated rings. The number of aliphatic carboxylic acids is 1. The van der Waals surface area contributed by atoms with E-state index in [2.05, 4.69) is 0 Å². The molecule has 0 unspecified atom stereocenters. The Morgan fingerprint density at radius 2 is 1.96 bits per heavy atom. The van der Waals surface area contributed by atoms with Gasteiger partial charge in [-0.2, -0.15) is 0 Å². The Morgan fingerprint density at radius 1 is 1.26 bits per heavy atom. The van der Waals surface area contributed by atoms with Crippen molar-refractivity contribution < 1.29 is 14.3 Å². The molecule has 0 aliphatic carbocycles. The zero-order valence-electron chi connectivity index (χ0n) is 12.2. The van der Waals surface area contributed by atoms with E-state index in [-0.39, 0.29) is 12.2 Å². The van der Waals surface area contributed by atoms with Crippen LogP contribution in [0.2, 0.25) is 4.34 Å². The minimum atomic E-state index is -0.898. The molecule has 2 aromatic heterocycles. The molecule has 0 radical (unpaired) electrons. The zero-order valence-corrected chi connectivity index (χ0v) is 13.8. The maximum Gasteiger partial charge on any atom is 0.307 e. The van der Waals surface area contributed by atoms with Gasteiger partial charge in [0.2, 0.25) is 0 Å². The van der Waals surface area contributed by atoms with Crippen LogP contribution in [0.25, 0.3) is 21.8 Å². The lowest BCUT2D eigenvalue weighted by Gasteiger charge is -2.08. The molecule has 0 bridgehead atoms. The maximum absolute atomic E-state index is 13.1. The van der Waals surface area contributed by atoms with Crippen LogP contribution in [0.1, 0.15) is 5.56 Å². The molecule has 0 spiro atoms. The topological polar surface area (TPSA) is 42.2 Å². The van der Waals surface area contributed by atoms with E-state index >= 15 is 0 Å². The summed E-state index contributed by atoms with van der Waals surface area (Å²) in [5, 5.41) is 9.17. The first kappa shape index (κ1) is 15.8. The number of aromatic nitrogens is 1. The van der Waals surface area contributed by atoms with Crippen molar-refractivity contribution in [2.75, 3.05) is 0 Å². The quantitative estimate of drug-likeness (QED) is 0.732. The van der Waals surface area contributed by atoms with Crippen molar-refractivity contribution in [3.05, 3.63) is 58.2 Å². The summed E-state index contributed by atoms with van der Waals surface area (Å²) in [6.45, 7) is 0. The Morgan fingerprint density at radius 3 is 2.52 bits per heavy atom. The fourth-order valence-electron chi connectivity index (χ4n) is 2.63. The first-order chi connectivity index (χ1) is 11.0. The summed E-state index contributed by atoms with van der Waals surface area (Å²) in [6, 6.07) is 11.6. The van der Waals surface area contributed by atoms with Crippen LogP contribution >= 0.6 is 22.9 Å². The van der Waals surface area contributed by atoms with E-state index in [9.17, 15) is 9.18 Å². The monoisotopic (exact) mass is 349 g/mol. The molecule has 3 aromatic rings. The van der Waals surface area contributed by atoms with E-state index in [1.165, 1.54) is 23.5 Å². The lowest BCUT2D eigenvalue weighted by Crippen LogP contribution is -2.01. The molecule has 1 N–H and O–H groups in total. The van der Waals surface area contributed by atoms with E-state index in [0.29, 0.717) is 9.90 Å². The van der Waals surface area contributed by atoms with Crippen LogP contribution in [-0.2, 0) is 18.3 Å². The molecule has 3 rings (SSSR count). The Bertz CT molecular complexity index is 867. The predicted molar refractivity (Wildman–Crippen MR) is 90.5 cm³/mol. The minimum absolute atomic E-state index is 0.0834. The van der Waals surface area contributed by atoms with Crippen LogP contribution in [0.4, 0.5) is 4.39 Å². The van der Waals surface area contributed by atoms with E-state index in [1.54, 1.807) is 18.2 Å². The second-order valence-corrected chi connectivity index (χ2v) is 6.86. The summed E-state index contributed by atoms with van der Waals surface area (Å²) in [4.78, 5) is 12.1. The van der Waals surface area contributed by atoms with Gasteiger partial charge in [-0.15, -0.1) is 11.3 Å². The van der Waals surface area contributed by atoms with Gasteiger partial charge in [0.15, 0.2) is 0 Å². The number of carbonyl (C=O) groups is 1. The number of benzene rings is 1. The summed E-state index contributed by atoms with van der Waals surface area (Å²) in [6.07, 6.45) is -0.0834. The van der Waals surface area contributed by atoms with Crippen LogP contribution in [0.3, 0.4) is 0 Å². The second kappa shape index (κ2) is 6.18. The summed E-state index contributed by atoms with van der Waals surface area (Å²) >= 11 is 7.41. The molecule has 0 amide bonds. The van der Waals surface area contributed by atoms with E-state index < -0.39 is 5.97 Å². The van der Waals surface area contributed by atoms with Crippen molar-refractivity contribution in [1.82, 2.24) is 4.57 Å². The van der Waals surface area contributed by atoms with Crippen molar-refractivity contribution in [2.45, 2.75) is 6.42 Å². The lowest BCUT2D eigenvalue weighted by molar-refractivity contribution is -0.136. The van der Waals surface area contributed by atoms with Gasteiger partial charge in [0.25, 0.3) is 0 Å². The van der Waals surface area contributed by atoms with Gasteiger partial charge in [-0.3, -0.25) is 4.79 Å². The number of hydrogen-bond donors (Lipinski definition) is 1. The van der Waals surface area contributed by atoms with Crippen LogP contribution in [0, 0.1) is 5.82 Å². The van der Waals surface area contributed by atoms with Crippen LogP contribution in [0.15, 0.2) is 42.5 Å². The highest BCUT2D eigenvalue weighted by atomic mass is 35.5. The fraction of sp³-hybridized carbons (Fsp3) is 0.118. The number of rotatable bonds is 4. The van der Waals surface area contributed by atoms with Gasteiger partial charge in [-0.1, -0.05) is 11.6 Å². The van der Waals surface area contributed by atoms with Gasteiger partial charge >= 0.3 is 5.97 Å². The first-order valence-electron chi connectivity index (χ1n) is 6.87. The molecular formula is C17H13ClFNO2S. The van der Waals surface area contributed by atoms with Crippen molar-refractivity contribution in [2.24, 2.45) is 7.05 Å². The van der Waals surface area contributed by atoms with Gasteiger partial charge in [0, 0.05) is 12.7 Å². The predicted octanol–water partition coefficient (Wildman–Crippen LogP) is 4.84. The first-order valence-corrected chi connectivity index (χ1v) is 8.07. The summed E-state index contributed by atoms with van der Waals surface area (Å²) in [5.74, 6) is -1.20. The largest absolute Gasteiger partial charge is 0.481 e. The molecule has 6 heteroatoms. The molecular weight excluding hydrogens is 337 g/mol. The molecule has 0 atom stereocenters. The Kier molecular flexibility index (Phi) is 4.24. The number of nitrogens with zero attached hydrogens (tertiary/aromatic N) is 1. The molecule has 1 aromatic carbocycles. The molecule has 2 heterocycles. The summed E-state index contributed by atoms with van der Waals surface area (Å²) < 4.78 is 15.7. The zero-order chi connectivity index (χ0) is 16.6. The molecule has 118 valence electrons. The van der Waals surface area contributed by atoms with Crippen LogP contribution < -0.4 is 0 Å². The fourth-order valence-corrected chi connectivity index (χ4v) is 3.79.